The van der Waals surface area contributed by atoms with Gasteiger partial charge in [-0.1, -0.05) is 18.2 Å². The lowest BCUT2D eigenvalue weighted by Crippen LogP contribution is -2.31. The molecule has 2 N–H and O–H groups in total. The third-order valence-electron chi connectivity index (χ3n) is 3.85. The Labute approximate surface area is 117 Å². The fourth-order valence-electron chi connectivity index (χ4n) is 2.80. The normalized spacial score (nSPS) is 19.8. The van der Waals surface area contributed by atoms with Crippen LogP contribution in [0.3, 0.4) is 0 Å². The number of aromatic carboxylic acids is 1. The maximum absolute atomic E-state index is 11.3. The van der Waals surface area contributed by atoms with Crippen LogP contribution in [0.25, 0.3) is 11.0 Å². The zero-order valence-corrected chi connectivity index (χ0v) is 11.4. The summed E-state index contributed by atoms with van der Waals surface area (Å²) in [6.45, 7) is 2.60. The molecule has 0 radical (unpaired) electrons. The number of rotatable bonds is 4. The van der Waals surface area contributed by atoms with Crippen LogP contribution in [-0.4, -0.2) is 42.2 Å². The second-order valence-electron chi connectivity index (χ2n) is 5.34. The Morgan fingerprint density at radius 2 is 2.30 bits per heavy atom. The van der Waals surface area contributed by atoms with Crippen LogP contribution in [0.15, 0.2) is 28.7 Å². The van der Waals surface area contributed by atoms with E-state index in [0.29, 0.717) is 18.2 Å². The van der Waals surface area contributed by atoms with E-state index in [2.05, 4.69) is 17.3 Å². The Hall–Kier alpha value is -1.85. The molecule has 1 aromatic heterocycles. The first-order chi connectivity index (χ1) is 9.65. The molecule has 5 nitrogen and oxygen atoms in total. The number of nitrogens with one attached hydrogen (secondary N) is 1. The predicted molar refractivity (Wildman–Crippen MR) is 75.9 cm³/mol. The first-order valence-corrected chi connectivity index (χ1v) is 6.81. The van der Waals surface area contributed by atoms with E-state index in [1.54, 1.807) is 6.07 Å². The predicted octanol–water partition coefficient (Wildman–Crippen LogP) is 1.92. The molecule has 1 aliphatic rings. The number of benzene rings is 1. The summed E-state index contributed by atoms with van der Waals surface area (Å²) < 4.78 is 5.45. The molecular formula is C15H18N2O3. The van der Waals surface area contributed by atoms with Gasteiger partial charge in [0.15, 0.2) is 0 Å². The number of carboxylic acids is 1. The van der Waals surface area contributed by atoms with Gasteiger partial charge < -0.3 is 19.7 Å². The third-order valence-corrected chi connectivity index (χ3v) is 3.85. The monoisotopic (exact) mass is 274 g/mol. The largest absolute Gasteiger partial charge is 0.475 e. The summed E-state index contributed by atoms with van der Waals surface area (Å²) in [4.78, 5) is 13.6. The van der Waals surface area contributed by atoms with Crippen LogP contribution in [0, 0.1) is 0 Å². The SMILES string of the molecule is CN1CCC(NCc2c(C(=O)O)oc3ccccc23)C1. The van der Waals surface area contributed by atoms with Gasteiger partial charge in [0.1, 0.15) is 5.58 Å². The van der Waals surface area contributed by atoms with E-state index in [9.17, 15) is 9.90 Å². The minimum absolute atomic E-state index is 0.0463. The van der Waals surface area contributed by atoms with Crippen molar-refractivity contribution >= 4 is 16.9 Å². The third kappa shape index (κ3) is 2.42. The standard InChI is InChI=1S/C15H18N2O3/c1-17-7-6-10(9-17)16-8-12-11-4-2-3-5-13(11)20-14(12)15(18)19/h2-5,10,16H,6-9H2,1H3,(H,18,19). The van der Waals surface area contributed by atoms with Crippen LogP contribution in [0.5, 0.6) is 0 Å². The van der Waals surface area contributed by atoms with E-state index in [-0.39, 0.29) is 5.76 Å². The van der Waals surface area contributed by atoms with Gasteiger partial charge in [0.05, 0.1) is 0 Å². The van der Waals surface area contributed by atoms with Crippen molar-refractivity contribution < 1.29 is 14.3 Å². The van der Waals surface area contributed by atoms with Crippen molar-refractivity contribution in [3.8, 4) is 0 Å². The molecule has 0 amide bonds. The summed E-state index contributed by atoms with van der Waals surface area (Å²) in [6, 6.07) is 7.87. The molecule has 0 spiro atoms. The Balaban J connectivity index is 1.85. The highest BCUT2D eigenvalue weighted by molar-refractivity contribution is 5.95. The zero-order chi connectivity index (χ0) is 14.1. The molecule has 1 atom stereocenters. The summed E-state index contributed by atoms with van der Waals surface area (Å²) in [6.07, 6.45) is 1.09. The Bertz CT molecular complexity index is 635. The number of para-hydroxylation sites is 1. The van der Waals surface area contributed by atoms with Crippen molar-refractivity contribution in [1.82, 2.24) is 10.2 Å². The van der Waals surface area contributed by atoms with Crippen LogP contribution in [0.2, 0.25) is 0 Å². The lowest BCUT2D eigenvalue weighted by molar-refractivity contribution is 0.0663. The molecule has 0 aliphatic carbocycles. The Kier molecular flexibility index (Phi) is 3.46. The van der Waals surface area contributed by atoms with E-state index in [1.165, 1.54) is 0 Å². The molecule has 1 unspecified atom stereocenters. The van der Waals surface area contributed by atoms with Crippen molar-refractivity contribution in [3.63, 3.8) is 0 Å². The molecule has 1 fully saturated rings. The van der Waals surface area contributed by atoms with E-state index < -0.39 is 5.97 Å². The fourth-order valence-corrected chi connectivity index (χ4v) is 2.80. The van der Waals surface area contributed by atoms with Crippen molar-refractivity contribution in [2.24, 2.45) is 0 Å². The minimum Gasteiger partial charge on any atom is -0.475 e. The minimum atomic E-state index is -1.01. The van der Waals surface area contributed by atoms with Crippen molar-refractivity contribution in [2.45, 2.75) is 19.0 Å². The molecule has 2 aromatic rings. The number of fused-ring (bicyclic) bond motifs is 1. The quantitative estimate of drug-likeness (QED) is 0.891. The lowest BCUT2D eigenvalue weighted by Gasteiger charge is -2.12. The number of hydrogen-bond acceptors (Lipinski definition) is 4. The number of hydrogen-bond donors (Lipinski definition) is 2. The summed E-state index contributed by atoms with van der Waals surface area (Å²) in [5, 5.41) is 13.6. The summed E-state index contributed by atoms with van der Waals surface area (Å²) in [5.74, 6) is -0.966. The van der Waals surface area contributed by atoms with Gasteiger partial charge in [-0.05, 0) is 26.1 Å². The number of likely N-dealkylation sites (tertiary alicyclic amines) is 1. The number of furan rings is 1. The Morgan fingerprint density at radius 3 is 3.00 bits per heavy atom. The van der Waals surface area contributed by atoms with E-state index in [1.807, 2.05) is 18.2 Å². The van der Waals surface area contributed by atoms with Gasteiger partial charge in [-0.3, -0.25) is 0 Å². The summed E-state index contributed by atoms with van der Waals surface area (Å²) in [7, 11) is 2.09. The molecule has 1 aromatic carbocycles. The van der Waals surface area contributed by atoms with Gasteiger partial charge in [0.25, 0.3) is 0 Å². The second-order valence-corrected chi connectivity index (χ2v) is 5.34. The van der Waals surface area contributed by atoms with E-state index in [0.717, 1.165) is 30.5 Å². The molecule has 1 saturated heterocycles. The molecule has 106 valence electrons. The molecule has 1 aliphatic heterocycles. The second kappa shape index (κ2) is 5.26. The van der Waals surface area contributed by atoms with Crippen LogP contribution in [0.4, 0.5) is 0 Å². The number of likely N-dealkylation sites (N-methyl/N-ethyl adjacent to an activating group) is 1. The topological polar surface area (TPSA) is 65.7 Å². The highest BCUT2D eigenvalue weighted by Crippen LogP contribution is 2.26. The number of carbonyl (C=O) groups is 1. The average molecular weight is 274 g/mol. The van der Waals surface area contributed by atoms with Crippen LogP contribution < -0.4 is 5.32 Å². The van der Waals surface area contributed by atoms with Gasteiger partial charge in [-0.15, -0.1) is 0 Å². The van der Waals surface area contributed by atoms with E-state index >= 15 is 0 Å². The summed E-state index contributed by atoms with van der Waals surface area (Å²) in [5.41, 5.74) is 1.37. The van der Waals surface area contributed by atoms with Crippen LogP contribution >= 0.6 is 0 Å². The molecule has 0 saturated carbocycles. The number of carboxylic acid groups (broad SMARTS) is 1. The molecular weight excluding hydrogens is 256 g/mol. The first-order valence-electron chi connectivity index (χ1n) is 6.81. The van der Waals surface area contributed by atoms with Crippen molar-refractivity contribution in [1.29, 1.82) is 0 Å². The highest BCUT2D eigenvalue weighted by atomic mass is 16.4. The average Bonchev–Trinajstić information content (AvgIpc) is 3.00. The number of nitrogens with zero attached hydrogens (tertiary/aromatic N) is 1. The lowest BCUT2D eigenvalue weighted by atomic mass is 10.1. The molecule has 2 heterocycles. The molecule has 20 heavy (non-hydrogen) atoms. The van der Waals surface area contributed by atoms with Crippen LogP contribution in [-0.2, 0) is 6.54 Å². The molecule has 3 rings (SSSR count). The molecule has 0 bridgehead atoms. The first kappa shape index (κ1) is 13.1. The smallest absolute Gasteiger partial charge is 0.372 e. The van der Waals surface area contributed by atoms with Gasteiger partial charge in [0.2, 0.25) is 5.76 Å². The highest BCUT2D eigenvalue weighted by Gasteiger charge is 2.23. The van der Waals surface area contributed by atoms with Crippen molar-refractivity contribution in [2.75, 3.05) is 20.1 Å². The van der Waals surface area contributed by atoms with Gasteiger partial charge in [-0.2, -0.15) is 0 Å². The Morgan fingerprint density at radius 1 is 1.50 bits per heavy atom. The van der Waals surface area contributed by atoms with Gasteiger partial charge in [-0.25, -0.2) is 4.79 Å². The van der Waals surface area contributed by atoms with E-state index in [4.69, 9.17) is 4.42 Å². The van der Waals surface area contributed by atoms with Gasteiger partial charge in [0, 0.05) is 30.1 Å². The molecule has 5 heteroatoms. The van der Waals surface area contributed by atoms with Crippen molar-refractivity contribution in [3.05, 3.63) is 35.6 Å². The maximum atomic E-state index is 11.3. The fraction of sp³-hybridized carbons (Fsp3) is 0.400. The maximum Gasteiger partial charge on any atom is 0.372 e. The van der Waals surface area contributed by atoms with Gasteiger partial charge >= 0.3 is 5.97 Å². The summed E-state index contributed by atoms with van der Waals surface area (Å²) >= 11 is 0. The zero-order valence-electron chi connectivity index (χ0n) is 11.4. The van der Waals surface area contributed by atoms with Crippen LogP contribution in [0.1, 0.15) is 22.5 Å².